The average molecular weight is 367 g/mol. The Bertz CT molecular complexity index is 968. The third kappa shape index (κ3) is 4.61. The van der Waals surface area contributed by atoms with E-state index >= 15 is 0 Å². The molecule has 0 saturated carbocycles. The normalized spacial score (nSPS) is 11.6. The van der Waals surface area contributed by atoms with Gasteiger partial charge >= 0.3 is 5.97 Å². The number of esters is 1. The van der Waals surface area contributed by atoms with Crippen molar-refractivity contribution in [3.8, 4) is 5.75 Å². The van der Waals surface area contributed by atoms with Crippen LogP contribution in [0.5, 0.6) is 5.75 Å². The predicted molar refractivity (Wildman–Crippen MR) is 100 cm³/mol. The first-order chi connectivity index (χ1) is 13.0. The first-order valence-corrected chi connectivity index (χ1v) is 8.40. The summed E-state index contributed by atoms with van der Waals surface area (Å²) in [7, 11) is 0. The van der Waals surface area contributed by atoms with Crippen molar-refractivity contribution in [3.05, 3.63) is 72.5 Å². The van der Waals surface area contributed by atoms with Gasteiger partial charge in [-0.05, 0) is 30.5 Å². The lowest BCUT2D eigenvalue weighted by Gasteiger charge is -2.15. The Morgan fingerprint density at radius 1 is 1.00 bits per heavy atom. The fraction of sp³-hybridized carbons (Fsp3) is 0.143. The van der Waals surface area contributed by atoms with Crippen molar-refractivity contribution in [3.63, 3.8) is 0 Å². The molecule has 27 heavy (non-hydrogen) atoms. The molecule has 138 valence electrons. The lowest BCUT2D eigenvalue weighted by atomic mass is 10.1. The van der Waals surface area contributed by atoms with Gasteiger partial charge in [-0.2, -0.15) is 0 Å². The first kappa shape index (κ1) is 18.4. The van der Waals surface area contributed by atoms with Gasteiger partial charge in [-0.15, -0.1) is 0 Å². The van der Waals surface area contributed by atoms with E-state index in [-0.39, 0.29) is 5.75 Å². The monoisotopic (exact) mass is 367 g/mol. The second kappa shape index (κ2) is 8.31. The Labute approximate surface area is 155 Å². The van der Waals surface area contributed by atoms with Crippen molar-refractivity contribution >= 4 is 28.3 Å². The molecular weight excluding hydrogens is 349 g/mol. The summed E-state index contributed by atoms with van der Waals surface area (Å²) in [6, 6.07) is 18.9. The Hall–Kier alpha value is -3.41. The van der Waals surface area contributed by atoms with Crippen LogP contribution in [0.2, 0.25) is 0 Å². The lowest BCUT2D eigenvalue weighted by Crippen LogP contribution is -2.31. The number of carbonyl (C=O) groups excluding carboxylic acids is 2. The molecule has 1 atom stereocenters. The van der Waals surface area contributed by atoms with Crippen LogP contribution in [0.25, 0.3) is 10.8 Å². The quantitative estimate of drug-likeness (QED) is 0.671. The Morgan fingerprint density at radius 2 is 1.70 bits per heavy atom. The van der Waals surface area contributed by atoms with Crippen molar-refractivity contribution in [1.29, 1.82) is 0 Å². The maximum Gasteiger partial charge on any atom is 0.344 e. The minimum Gasteiger partial charge on any atom is -0.479 e. The maximum absolute atomic E-state index is 13.5. The fourth-order valence-corrected chi connectivity index (χ4v) is 2.55. The predicted octanol–water partition coefficient (Wildman–Crippen LogP) is 3.93. The van der Waals surface area contributed by atoms with Crippen LogP contribution in [0.15, 0.2) is 66.7 Å². The van der Waals surface area contributed by atoms with E-state index in [2.05, 4.69) is 5.32 Å². The minimum atomic E-state index is -1.03. The molecule has 5 nitrogen and oxygen atoms in total. The number of fused-ring (bicyclic) bond motifs is 1. The lowest BCUT2D eigenvalue weighted by molar-refractivity contribution is -0.155. The molecule has 0 radical (unpaired) electrons. The molecule has 0 aliphatic carbocycles. The van der Waals surface area contributed by atoms with Gasteiger partial charge in [0.15, 0.2) is 24.3 Å². The second-order valence-corrected chi connectivity index (χ2v) is 5.87. The van der Waals surface area contributed by atoms with E-state index < -0.39 is 30.4 Å². The summed E-state index contributed by atoms with van der Waals surface area (Å²) in [6.45, 7) is 0.967. The molecular formula is C21H18FNO4. The SMILES string of the molecule is C[C@H](OC(=O)COc1ccccc1F)C(=O)Nc1cccc2ccccc12. The van der Waals surface area contributed by atoms with Gasteiger partial charge in [-0.25, -0.2) is 9.18 Å². The molecule has 0 unspecified atom stereocenters. The Balaban J connectivity index is 1.57. The summed E-state index contributed by atoms with van der Waals surface area (Å²) in [4.78, 5) is 24.2. The third-order valence-electron chi connectivity index (χ3n) is 3.91. The van der Waals surface area contributed by atoms with Crippen LogP contribution in [0.3, 0.4) is 0 Å². The summed E-state index contributed by atoms with van der Waals surface area (Å²) < 4.78 is 23.6. The molecule has 3 rings (SSSR count). The highest BCUT2D eigenvalue weighted by Crippen LogP contribution is 2.23. The third-order valence-corrected chi connectivity index (χ3v) is 3.91. The van der Waals surface area contributed by atoms with E-state index in [1.54, 1.807) is 12.1 Å². The zero-order chi connectivity index (χ0) is 19.2. The van der Waals surface area contributed by atoms with Crippen LogP contribution in [0, 0.1) is 5.82 Å². The first-order valence-electron chi connectivity index (χ1n) is 8.40. The van der Waals surface area contributed by atoms with Gasteiger partial charge in [0.05, 0.1) is 0 Å². The van der Waals surface area contributed by atoms with Crippen LogP contribution in [0.1, 0.15) is 6.92 Å². The van der Waals surface area contributed by atoms with Crippen molar-refractivity contribution in [2.75, 3.05) is 11.9 Å². The highest BCUT2D eigenvalue weighted by atomic mass is 19.1. The molecule has 1 N–H and O–H groups in total. The molecule has 6 heteroatoms. The van der Waals surface area contributed by atoms with Gasteiger partial charge in [0.1, 0.15) is 0 Å². The van der Waals surface area contributed by atoms with Gasteiger partial charge in [0, 0.05) is 11.1 Å². The average Bonchev–Trinajstić information content (AvgIpc) is 2.67. The molecule has 1 amide bonds. The van der Waals surface area contributed by atoms with E-state index in [0.717, 1.165) is 10.8 Å². The summed E-state index contributed by atoms with van der Waals surface area (Å²) >= 11 is 0. The number of amides is 1. The molecule has 0 heterocycles. The number of halogens is 1. The van der Waals surface area contributed by atoms with Crippen LogP contribution in [-0.4, -0.2) is 24.6 Å². The van der Waals surface area contributed by atoms with Crippen LogP contribution in [-0.2, 0) is 14.3 Å². The zero-order valence-electron chi connectivity index (χ0n) is 14.6. The topological polar surface area (TPSA) is 64.6 Å². The van der Waals surface area contributed by atoms with Crippen molar-refractivity contribution in [2.45, 2.75) is 13.0 Å². The highest BCUT2D eigenvalue weighted by Gasteiger charge is 2.19. The number of para-hydroxylation sites is 1. The molecule has 0 aromatic heterocycles. The smallest absolute Gasteiger partial charge is 0.344 e. The summed E-state index contributed by atoms with van der Waals surface area (Å²) in [6.07, 6.45) is -1.03. The van der Waals surface area contributed by atoms with E-state index in [4.69, 9.17) is 9.47 Å². The molecule has 3 aromatic rings. The van der Waals surface area contributed by atoms with Gasteiger partial charge in [-0.1, -0.05) is 48.5 Å². The number of ether oxygens (including phenoxy) is 2. The molecule has 0 aliphatic rings. The van der Waals surface area contributed by atoms with Gasteiger partial charge < -0.3 is 14.8 Å². The Morgan fingerprint density at radius 3 is 2.52 bits per heavy atom. The van der Waals surface area contributed by atoms with Crippen molar-refractivity contribution < 1.29 is 23.5 Å². The maximum atomic E-state index is 13.5. The summed E-state index contributed by atoms with van der Waals surface area (Å²) in [5, 5.41) is 4.62. The number of benzene rings is 3. The van der Waals surface area contributed by atoms with Crippen molar-refractivity contribution in [2.24, 2.45) is 0 Å². The molecule has 0 saturated heterocycles. The fourth-order valence-electron chi connectivity index (χ4n) is 2.55. The second-order valence-electron chi connectivity index (χ2n) is 5.87. The van der Waals surface area contributed by atoms with Crippen LogP contribution < -0.4 is 10.1 Å². The van der Waals surface area contributed by atoms with E-state index in [1.807, 2.05) is 36.4 Å². The van der Waals surface area contributed by atoms with Crippen LogP contribution >= 0.6 is 0 Å². The zero-order valence-corrected chi connectivity index (χ0v) is 14.6. The minimum absolute atomic E-state index is 0.0534. The number of hydrogen-bond acceptors (Lipinski definition) is 4. The standard InChI is InChI=1S/C21H18FNO4/c1-14(27-20(24)13-26-19-12-5-4-10-17(19)22)21(25)23-18-11-6-8-15-7-2-3-9-16(15)18/h2-12,14H,13H2,1H3,(H,23,25)/t14-/m0/s1. The summed E-state index contributed by atoms with van der Waals surface area (Å²) in [5.74, 6) is -1.86. The molecule has 0 bridgehead atoms. The van der Waals surface area contributed by atoms with Gasteiger partial charge in [0.2, 0.25) is 0 Å². The molecule has 0 spiro atoms. The van der Waals surface area contributed by atoms with Crippen molar-refractivity contribution in [1.82, 2.24) is 0 Å². The van der Waals surface area contributed by atoms with E-state index in [1.165, 1.54) is 25.1 Å². The number of hydrogen-bond donors (Lipinski definition) is 1. The highest BCUT2D eigenvalue weighted by molar-refractivity contribution is 6.03. The molecule has 3 aromatic carbocycles. The van der Waals surface area contributed by atoms with Gasteiger partial charge in [-0.3, -0.25) is 4.79 Å². The summed E-state index contributed by atoms with van der Waals surface area (Å²) in [5.41, 5.74) is 0.628. The van der Waals surface area contributed by atoms with E-state index in [0.29, 0.717) is 5.69 Å². The van der Waals surface area contributed by atoms with E-state index in [9.17, 15) is 14.0 Å². The number of rotatable bonds is 6. The molecule has 0 aliphatic heterocycles. The number of nitrogens with one attached hydrogen (secondary N) is 1. The Kier molecular flexibility index (Phi) is 5.66. The number of carbonyl (C=O) groups is 2. The van der Waals surface area contributed by atoms with Gasteiger partial charge in [0.25, 0.3) is 5.91 Å². The number of anilines is 1. The largest absolute Gasteiger partial charge is 0.479 e. The van der Waals surface area contributed by atoms with Crippen LogP contribution in [0.4, 0.5) is 10.1 Å². The molecule has 0 fully saturated rings.